The number of rotatable bonds is 8. The summed E-state index contributed by atoms with van der Waals surface area (Å²) in [6.07, 6.45) is 3.46. The minimum absolute atomic E-state index is 0.00441. The van der Waals surface area contributed by atoms with Gasteiger partial charge in [-0.15, -0.1) is 0 Å². The molecule has 0 saturated carbocycles. The Morgan fingerprint density at radius 1 is 1.00 bits per heavy atom. The van der Waals surface area contributed by atoms with Gasteiger partial charge in [0.2, 0.25) is 0 Å². The van der Waals surface area contributed by atoms with E-state index in [1.807, 2.05) is 26.0 Å². The molecule has 0 atom stereocenters. The average Bonchev–Trinajstić information content (AvgIpc) is 3.36. The number of urea groups is 1. The first-order valence-corrected chi connectivity index (χ1v) is 10.4. The Kier molecular flexibility index (Phi) is 8.06. The van der Waals surface area contributed by atoms with Gasteiger partial charge in [-0.25, -0.2) is 10.2 Å². The van der Waals surface area contributed by atoms with Crippen molar-refractivity contribution < 1.29 is 23.9 Å². The van der Waals surface area contributed by atoms with Gasteiger partial charge < -0.3 is 20.1 Å². The predicted molar refractivity (Wildman–Crippen MR) is 125 cm³/mol. The summed E-state index contributed by atoms with van der Waals surface area (Å²) in [5, 5.41) is 12.0. The number of hydrogen-bond donors (Lipinski definition) is 5. The van der Waals surface area contributed by atoms with Crippen LogP contribution in [-0.4, -0.2) is 47.8 Å². The van der Waals surface area contributed by atoms with E-state index in [0.717, 1.165) is 11.1 Å². The third kappa shape index (κ3) is 6.73. The number of ether oxygens (including phenoxy) is 2. The minimum Gasteiger partial charge on any atom is -0.493 e. The number of aromatic amines is 1. The summed E-state index contributed by atoms with van der Waals surface area (Å²) in [5.74, 6) is -0.257. The summed E-state index contributed by atoms with van der Waals surface area (Å²) in [6, 6.07) is 11.0. The third-order valence-corrected chi connectivity index (χ3v) is 4.50. The van der Waals surface area contributed by atoms with Crippen molar-refractivity contribution in [3.8, 4) is 22.6 Å². The summed E-state index contributed by atoms with van der Waals surface area (Å²) in [4.78, 5) is 36.3. The number of hydrogen-bond acceptors (Lipinski definition) is 6. The van der Waals surface area contributed by atoms with Gasteiger partial charge in [-0.05, 0) is 49.7 Å². The minimum atomic E-state index is -0.618. The van der Waals surface area contributed by atoms with Gasteiger partial charge in [-0.2, -0.15) is 5.10 Å². The first kappa shape index (κ1) is 24.1. The number of anilines is 1. The molecule has 5 N–H and O–H groups in total. The molecular weight excluding hydrogens is 440 g/mol. The number of nitrogens with zero attached hydrogens (tertiary/aromatic N) is 1. The Morgan fingerprint density at radius 3 is 2.41 bits per heavy atom. The molecular formula is C23H26N6O5. The van der Waals surface area contributed by atoms with Crippen LogP contribution in [0.1, 0.15) is 24.2 Å². The molecule has 0 unspecified atom stereocenters. The monoisotopic (exact) mass is 466 g/mol. The lowest BCUT2D eigenvalue weighted by Gasteiger charge is -2.13. The van der Waals surface area contributed by atoms with Crippen LogP contribution in [0.2, 0.25) is 0 Å². The van der Waals surface area contributed by atoms with E-state index in [9.17, 15) is 14.4 Å². The Balaban J connectivity index is 1.51. The van der Waals surface area contributed by atoms with Crippen molar-refractivity contribution in [2.75, 3.05) is 19.0 Å². The summed E-state index contributed by atoms with van der Waals surface area (Å²) >= 11 is 0. The maximum atomic E-state index is 12.4. The number of H-pyrrole nitrogens is 1. The van der Waals surface area contributed by atoms with Crippen molar-refractivity contribution in [2.45, 2.75) is 19.9 Å². The van der Waals surface area contributed by atoms with Gasteiger partial charge >= 0.3 is 6.03 Å². The number of hydrazine groups is 1. The molecule has 0 spiro atoms. The van der Waals surface area contributed by atoms with Crippen LogP contribution in [0.3, 0.4) is 0 Å². The van der Waals surface area contributed by atoms with Gasteiger partial charge in [0.15, 0.2) is 18.1 Å². The number of carbonyl (C=O) groups is 3. The van der Waals surface area contributed by atoms with Crippen LogP contribution < -0.4 is 31.0 Å². The molecule has 0 fully saturated rings. The Labute approximate surface area is 196 Å². The number of amides is 4. The van der Waals surface area contributed by atoms with Crippen LogP contribution in [-0.2, 0) is 4.79 Å². The molecule has 1 aromatic heterocycles. The lowest BCUT2D eigenvalue weighted by Crippen LogP contribution is -2.43. The van der Waals surface area contributed by atoms with Crippen LogP contribution in [0.4, 0.5) is 10.5 Å². The van der Waals surface area contributed by atoms with Crippen molar-refractivity contribution in [3.05, 3.63) is 60.4 Å². The fourth-order valence-electron chi connectivity index (χ4n) is 2.94. The number of aromatic nitrogens is 2. The van der Waals surface area contributed by atoms with Crippen molar-refractivity contribution >= 4 is 23.5 Å². The second-order valence-electron chi connectivity index (χ2n) is 7.47. The number of benzene rings is 2. The van der Waals surface area contributed by atoms with Crippen molar-refractivity contribution in [1.29, 1.82) is 0 Å². The maximum absolute atomic E-state index is 12.4. The largest absolute Gasteiger partial charge is 0.493 e. The van der Waals surface area contributed by atoms with Crippen LogP contribution in [0.15, 0.2) is 54.9 Å². The summed E-state index contributed by atoms with van der Waals surface area (Å²) in [6.45, 7) is 3.50. The number of methoxy groups -OCH3 is 1. The smallest absolute Gasteiger partial charge is 0.337 e. The molecule has 0 radical (unpaired) electrons. The first-order valence-electron chi connectivity index (χ1n) is 10.4. The van der Waals surface area contributed by atoms with Crippen molar-refractivity contribution in [1.82, 2.24) is 26.4 Å². The predicted octanol–water partition coefficient (Wildman–Crippen LogP) is 2.46. The summed E-state index contributed by atoms with van der Waals surface area (Å²) in [7, 11) is 1.42. The second-order valence-corrected chi connectivity index (χ2v) is 7.47. The molecule has 11 heteroatoms. The van der Waals surface area contributed by atoms with Gasteiger partial charge in [0.05, 0.1) is 13.3 Å². The first-order chi connectivity index (χ1) is 16.4. The highest BCUT2D eigenvalue weighted by Gasteiger charge is 2.14. The van der Waals surface area contributed by atoms with Crippen LogP contribution in [0.5, 0.6) is 11.5 Å². The molecule has 4 amide bonds. The van der Waals surface area contributed by atoms with Crippen LogP contribution in [0, 0.1) is 0 Å². The quantitative estimate of drug-likeness (QED) is 0.322. The molecule has 3 rings (SSSR count). The molecule has 2 aromatic carbocycles. The van der Waals surface area contributed by atoms with Crippen LogP contribution in [0.25, 0.3) is 11.1 Å². The molecule has 0 aliphatic rings. The van der Waals surface area contributed by atoms with E-state index in [-0.39, 0.29) is 29.9 Å². The third-order valence-electron chi connectivity index (χ3n) is 4.50. The van der Waals surface area contributed by atoms with E-state index < -0.39 is 11.9 Å². The zero-order chi connectivity index (χ0) is 24.5. The summed E-state index contributed by atoms with van der Waals surface area (Å²) < 4.78 is 10.7. The maximum Gasteiger partial charge on any atom is 0.337 e. The molecule has 0 bridgehead atoms. The van der Waals surface area contributed by atoms with E-state index in [1.54, 1.807) is 24.5 Å². The SMILES string of the molecule is COc1cc(C(=O)NNC(=O)Nc2ccc(-c3cn[nH]c3)cc2)ccc1OCC(=O)NC(C)C. The van der Waals surface area contributed by atoms with E-state index in [2.05, 4.69) is 31.7 Å². The molecule has 0 saturated heterocycles. The molecule has 1 heterocycles. The Hall–Kier alpha value is -4.54. The fourth-order valence-corrected chi connectivity index (χ4v) is 2.94. The van der Waals surface area contributed by atoms with E-state index in [4.69, 9.17) is 9.47 Å². The highest BCUT2D eigenvalue weighted by molar-refractivity contribution is 5.97. The topological polar surface area (TPSA) is 146 Å². The molecule has 0 aliphatic carbocycles. The molecule has 34 heavy (non-hydrogen) atoms. The van der Waals surface area contributed by atoms with E-state index >= 15 is 0 Å². The number of carbonyl (C=O) groups excluding carboxylic acids is 3. The fraction of sp³-hybridized carbons (Fsp3) is 0.217. The van der Waals surface area contributed by atoms with Gasteiger partial charge in [-0.3, -0.25) is 20.1 Å². The van der Waals surface area contributed by atoms with Gasteiger partial charge in [0, 0.05) is 29.1 Å². The molecule has 3 aromatic rings. The molecule has 178 valence electrons. The van der Waals surface area contributed by atoms with Gasteiger partial charge in [0.1, 0.15) is 0 Å². The van der Waals surface area contributed by atoms with Crippen molar-refractivity contribution in [3.63, 3.8) is 0 Å². The van der Waals surface area contributed by atoms with Gasteiger partial charge in [0.25, 0.3) is 11.8 Å². The standard InChI is InChI=1S/C23H26N6O5/c1-14(2)26-21(30)13-34-19-9-6-16(10-20(19)33-3)22(31)28-29-23(32)27-18-7-4-15(5-8-18)17-11-24-25-12-17/h4-12,14H,13H2,1-3H3,(H,24,25)(H,26,30)(H,28,31)(H2,27,29,32). The zero-order valence-electron chi connectivity index (χ0n) is 19.0. The van der Waals surface area contributed by atoms with E-state index in [0.29, 0.717) is 11.4 Å². The highest BCUT2D eigenvalue weighted by atomic mass is 16.5. The highest BCUT2D eigenvalue weighted by Crippen LogP contribution is 2.28. The second kappa shape index (κ2) is 11.4. The average molecular weight is 466 g/mol. The van der Waals surface area contributed by atoms with Crippen molar-refractivity contribution in [2.24, 2.45) is 0 Å². The zero-order valence-corrected chi connectivity index (χ0v) is 19.0. The lowest BCUT2D eigenvalue weighted by molar-refractivity contribution is -0.123. The summed E-state index contributed by atoms with van der Waals surface area (Å²) in [5.41, 5.74) is 7.25. The van der Waals surface area contributed by atoms with Crippen LogP contribution >= 0.6 is 0 Å². The molecule has 11 nitrogen and oxygen atoms in total. The molecule has 0 aliphatic heterocycles. The Bertz CT molecular complexity index is 1130. The number of nitrogens with one attached hydrogen (secondary N) is 5. The van der Waals surface area contributed by atoms with E-state index in [1.165, 1.54) is 25.3 Å². The normalized spacial score (nSPS) is 10.4. The lowest BCUT2D eigenvalue weighted by atomic mass is 10.1. The Morgan fingerprint density at radius 2 is 1.76 bits per heavy atom. The van der Waals surface area contributed by atoms with Gasteiger partial charge in [-0.1, -0.05) is 12.1 Å².